The van der Waals surface area contributed by atoms with Crippen molar-refractivity contribution in [2.75, 3.05) is 0 Å². The summed E-state index contributed by atoms with van der Waals surface area (Å²) in [5.74, 6) is 0.136. The molecule has 34 heavy (non-hydrogen) atoms. The van der Waals surface area contributed by atoms with E-state index in [4.69, 9.17) is 16.6 Å². The van der Waals surface area contributed by atoms with E-state index in [0.29, 0.717) is 5.02 Å². The number of hydrogen-bond acceptors (Lipinski definition) is 1. The van der Waals surface area contributed by atoms with Crippen LogP contribution in [-0.2, 0) is 6.42 Å². The Hall–Kier alpha value is -3.88. The Labute approximate surface area is 203 Å². The van der Waals surface area contributed by atoms with Crippen molar-refractivity contribution in [1.29, 1.82) is 0 Å². The van der Waals surface area contributed by atoms with Crippen molar-refractivity contribution in [3.63, 3.8) is 0 Å². The van der Waals surface area contributed by atoms with Crippen LogP contribution in [0.2, 0.25) is 5.02 Å². The molecule has 0 aliphatic rings. The van der Waals surface area contributed by atoms with Gasteiger partial charge in [-0.2, -0.15) is 0 Å². The van der Waals surface area contributed by atoms with E-state index in [1.807, 2.05) is 18.2 Å². The molecule has 1 N–H and O–H groups in total. The predicted octanol–water partition coefficient (Wildman–Crippen LogP) is 8.41. The summed E-state index contributed by atoms with van der Waals surface area (Å²) in [7, 11) is 0. The van der Waals surface area contributed by atoms with Crippen LogP contribution in [0, 0.1) is 0 Å². The number of halogens is 1. The highest BCUT2D eigenvalue weighted by molar-refractivity contribution is 6.31. The molecule has 0 saturated carbocycles. The van der Waals surface area contributed by atoms with Gasteiger partial charge in [0, 0.05) is 39.3 Å². The van der Waals surface area contributed by atoms with Gasteiger partial charge in [0.1, 0.15) is 0 Å². The van der Waals surface area contributed by atoms with Gasteiger partial charge in [0.2, 0.25) is 0 Å². The largest absolute Gasteiger partial charge is 0.354 e. The standard InChI is InChI=1S/C31H23ClN2/c32-24-17-15-22-16-18-25(33-29(22)19-24)20-27(21-9-3-1-4-10-21)30-26-13-7-8-14-28(26)34-31(30)23-11-5-2-6-12-23/h1-19,27,34H,20H2. The van der Waals surface area contributed by atoms with Crippen molar-refractivity contribution in [2.45, 2.75) is 12.3 Å². The molecule has 0 radical (unpaired) electrons. The minimum absolute atomic E-state index is 0.136. The average molecular weight is 459 g/mol. The Bertz CT molecular complexity index is 1590. The predicted molar refractivity (Wildman–Crippen MR) is 142 cm³/mol. The number of pyridine rings is 1. The number of para-hydroxylation sites is 1. The van der Waals surface area contributed by atoms with Crippen LogP contribution < -0.4 is 0 Å². The van der Waals surface area contributed by atoms with E-state index in [-0.39, 0.29) is 5.92 Å². The lowest BCUT2D eigenvalue weighted by Crippen LogP contribution is -2.07. The van der Waals surface area contributed by atoms with Crippen LogP contribution in [0.5, 0.6) is 0 Å². The molecule has 3 heteroatoms. The maximum absolute atomic E-state index is 6.26. The van der Waals surface area contributed by atoms with Crippen LogP contribution in [-0.4, -0.2) is 9.97 Å². The summed E-state index contributed by atoms with van der Waals surface area (Å²) >= 11 is 6.26. The molecule has 1 unspecified atom stereocenters. The lowest BCUT2D eigenvalue weighted by atomic mass is 9.84. The third-order valence-corrected chi connectivity index (χ3v) is 6.72. The maximum Gasteiger partial charge on any atom is 0.0720 e. The van der Waals surface area contributed by atoms with Gasteiger partial charge >= 0.3 is 0 Å². The zero-order valence-corrected chi connectivity index (χ0v) is 19.3. The molecule has 4 aromatic carbocycles. The number of aromatic amines is 1. The Kier molecular flexibility index (Phi) is 5.37. The molecular weight excluding hydrogens is 436 g/mol. The van der Waals surface area contributed by atoms with E-state index < -0.39 is 0 Å². The van der Waals surface area contributed by atoms with E-state index >= 15 is 0 Å². The first-order valence-electron chi connectivity index (χ1n) is 11.5. The first-order chi connectivity index (χ1) is 16.8. The number of hydrogen-bond donors (Lipinski definition) is 1. The summed E-state index contributed by atoms with van der Waals surface area (Å²) in [6, 6.07) is 40.1. The first kappa shape index (κ1) is 20.7. The van der Waals surface area contributed by atoms with Crippen molar-refractivity contribution >= 4 is 33.4 Å². The van der Waals surface area contributed by atoms with E-state index in [0.717, 1.165) is 28.5 Å². The van der Waals surface area contributed by atoms with Gasteiger partial charge in [0.15, 0.2) is 0 Å². The molecule has 6 aromatic rings. The normalized spacial score (nSPS) is 12.3. The van der Waals surface area contributed by atoms with Gasteiger partial charge < -0.3 is 4.98 Å². The SMILES string of the molecule is Clc1ccc2ccc(CC(c3ccccc3)c3c(-c4ccccc4)[nH]c4ccccc34)nc2c1. The molecule has 164 valence electrons. The summed E-state index contributed by atoms with van der Waals surface area (Å²) in [4.78, 5) is 8.71. The zero-order valence-electron chi connectivity index (χ0n) is 18.6. The third kappa shape index (κ3) is 3.87. The molecule has 0 aliphatic heterocycles. The fourth-order valence-electron chi connectivity index (χ4n) is 4.89. The van der Waals surface area contributed by atoms with Crippen molar-refractivity contribution in [1.82, 2.24) is 9.97 Å². The van der Waals surface area contributed by atoms with Crippen LogP contribution >= 0.6 is 11.6 Å². The van der Waals surface area contributed by atoms with Crippen LogP contribution in [0.15, 0.2) is 115 Å². The minimum Gasteiger partial charge on any atom is -0.354 e. The van der Waals surface area contributed by atoms with Gasteiger partial charge in [-0.3, -0.25) is 4.98 Å². The lowest BCUT2D eigenvalue weighted by Gasteiger charge is -2.20. The molecule has 0 spiro atoms. The van der Waals surface area contributed by atoms with Crippen LogP contribution in [0.4, 0.5) is 0 Å². The molecule has 0 aliphatic carbocycles. The number of nitrogens with zero attached hydrogens (tertiary/aromatic N) is 1. The Balaban J connectivity index is 1.55. The Morgan fingerprint density at radius 2 is 1.44 bits per heavy atom. The smallest absolute Gasteiger partial charge is 0.0720 e. The maximum atomic E-state index is 6.26. The second kappa shape index (κ2) is 8.81. The highest BCUT2D eigenvalue weighted by atomic mass is 35.5. The zero-order chi connectivity index (χ0) is 22.9. The van der Waals surface area contributed by atoms with Crippen molar-refractivity contribution in [3.05, 3.63) is 137 Å². The quantitative estimate of drug-likeness (QED) is 0.276. The molecule has 0 saturated heterocycles. The number of H-pyrrole nitrogens is 1. The van der Waals surface area contributed by atoms with Crippen LogP contribution in [0.3, 0.4) is 0 Å². The highest BCUT2D eigenvalue weighted by Crippen LogP contribution is 2.40. The molecule has 2 heterocycles. The second-order valence-electron chi connectivity index (χ2n) is 8.63. The second-order valence-corrected chi connectivity index (χ2v) is 9.07. The molecule has 0 fully saturated rings. The van der Waals surface area contributed by atoms with Gasteiger partial charge in [0.25, 0.3) is 0 Å². The van der Waals surface area contributed by atoms with Gasteiger partial charge in [-0.15, -0.1) is 0 Å². The summed E-state index contributed by atoms with van der Waals surface area (Å²) in [5, 5.41) is 3.06. The van der Waals surface area contributed by atoms with E-state index in [1.54, 1.807) is 0 Å². The number of rotatable bonds is 5. The lowest BCUT2D eigenvalue weighted by molar-refractivity contribution is 0.794. The summed E-state index contributed by atoms with van der Waals surface area (Å²) in [6.45, 7) is 0. The molecule has 0 amide bonds. The molecule has 2 aromatic heterocycles. The van der Waals surface area contributed by atoms with Crippen molar-refractivity contribution in [3.8, 4) is 11.3 Å². The Morgan fingerprint density at radius 3 is 2.26 bits per heavy atom. The van der Waals surface area contributed by atoms with Crippen LogP contribution in [0.1, 0.15) is 22.7 Å². The molecule has 6 rings (SSSR count). The number of nitrogens with one attached hydrogen (secondary N) is 1. The van der Waals surface area contributed by atoms with E-state index in [9.17, 15) is 0 Å². The van der Waals surface area contributed by atoms with Gasteiger partial charge in [-0.25, -0.2) is 0 Å². The monoisotopic (exact) mass is 458 g/mol. The van der Waals surface area contributed by atoms with E-state index in [2.05, 4.69) is 102 Å². The molecule has 0 bridgehead atoms. The first-order valence-corrected chi connectivity index (χ1v) is 11.9. The number of benzene rings is 4. The average Bonchev–Trinajstić information content (AvgIpc) is 3.27. The minimum atomic E-state index is 0.136. The summed E-state index contributed by atoms with van der Waals surface area (Å²) < 4.78 is 0. The number of aromatic nitrogens is 2. The fourth-order valence-corrected chi connectivity index (χ4v) is 5.05. The topological polar surface area (TPSA) is 28.7 Å². The van der Waals surface area contributed by atoms with Gasteiger partial charge in [0.05, 0.1) is 11.2 Å². The summed E-state index contributed by atoms with van der Waals surface area (Å²) in [5.41, 5.74) is 8.06. The Morgan fingerprint density at radius 1 is 0.735 bits per heavy atom. The van der Waals surface area contributed by atoms with Gasteiger partial charge in [-0.1, -0.05) is 103 Å². The van der Waals surface area contributed by atoms with E-state index in [1.165, 1.54) is 27.8 Å². The van der Waals surface area contributed by atoms with Gasteiger partial charge in [-0.05, 0) is 41.0 Å². The van der Waals surface area contributed by atoms with Crippen molar-refractivity contribution in [2.24, 2.45) is 0 Å². The summed E-state index contributed by atoms with van der Waals surface area (Å²) in [6.07, 6.45) is 0.786. The third-order valence-electron chi connectivity index (χ3n) is 6.48. The van der Waals surface area contributed by atoms with Crippen molar-refractivity contribution < 1.29 is 0 Å². The molecular formula is C31H23ClN2. The number of fused-ring (bicyclic) bond motifs is 2. The molecule has 1 atom stereocenters. The van der Waals surface area contributed by atoms with Crippen LogP contribution in [0.25, 0.3) is 33.1 Å². The highest BCUT2D eigenvalue weighted by Gasteiger charge is 2.24. The fraction of sp³-hybridized carbons (Fsp3) is 0.0645. The molecule has 2 nitrogen and oxygen atoms in total.